The minimum absolute atomic E-state index is 0.163. The summed E-state index contributed by atoms with van der Waals surface area (Å²) in [6, 6.07) is 24.0. The second-order valence-electron chi connectivity index (χ2n) is 5.82. The smallest absolute Gasteiger partial charge is 0.323 e. The topological polar surface area (TPSA) is 61.4 Å². The van der Waals surface area contributed by atoms with Crippen molar-refractivity contribution in [3.63, 3.8) is 0 Å². The molecule has 4 nitrogen and oxygen atoms in total. The van der Waals surface area contributed by atoms with E-state index in [0.717, 1.165) is 27.2 Å². The standard InChI is InChI=1S/C21H16N2O2/c24-16-12-11-15-7-4-10-20(18(15)13-16)23-21(25)22-19-9-3-6-14-5-1-2-8-17(14)19/h1-13,24H,(H2,22,23,25). The third-order valence-electron chi connectivity index (χ3n) is 4.15. The summed E-state index contributed by atoms with van der Waals surface area (Å²) in [6.45, 7) is 0. The molecule has 0 aliphatic carbocycles. The molecule has 2 amide bonds. The van der Waals surface area contributed by atoms with Gasteiger partial charge in [-0.15, -0.1) is 0 Å². The van der Waals surface area contributed by atoms with E-state index in [-0.39, 0.29) is 11.8 Å². The first-order valence-electron chi connectivity index (χ1n) is 7.98. The molecule has 0 unspecified atom stereocenters. The molecule has 0 aromatic heterocycles. The van der Waals surface area contributed by atoms with E-state index in [1.807, 2.05) is 66.7 Å². The van der Waals surface area contributed by atoms with Crippen LogP contribution in [0.4, 0.5) is 16.2 Å². The van der Waals surface area contributed by atoms with E-state index < -0.39 is 0 Å². The third kappa shape index (κ3) is 2.97. The number of carbonyl (C=O) groups excluding carboxylic acids is 1. The summed E-state index contributed by atoms with van der Waals surface area (Å²) in [4.78, 5) is 12.5. The lowest BCUT2D eigenvalue weighted by molar-refractivity contribution is 0.262. The maximum absolute atomic E-state index is 12.5. The van der Waals surface area contributed by atoms with Crippen LogP contribution in [-0.2, 0) is 0 Å². The number of fused-ring (bicyclic) bond motifs is 2. The van der Waals surface area contributed by atoms with Crippen LogP contribution in [0, 0.1) is 0 Å². The van der Waals surface area contributed by atoms with E-state index in [4.69, 9.17) is 0 Å². The van der Waals surface area contributed by atoms with E-state index in [1.54, 1.807) is 12.1 Å². The van der Waals surface area contributed by atoms with E-state index in [9.17, 15) is 9.90 Å². The SMILES string of the molecule is O=C(Nc1cccc2ccccc12)Nc1cccc2ccc(O)cc12. The van der Waals surface area contributed by atoms with Gasteiger partial charge in [0.25, 0.3) is 0 Å². The minimum Gasteiger partial charge on any atom is -0.508 e. The summed E-state index contributed by atoms with van der Waals surface area (Å²) in [5.74, 6) is 0.163. The van der Waals surface area contributed by atoms with Gasteiger partial charge in [-0.2, -0.15) is 0 Å². The van der Waals surface area contributed by atoms with Gasteiger partial charge in [0.05, 0.1) is 11.4 Å². The second kappa shape index (κ2) is 6.17. The van der Waals surface area contributed by atoms with Crippen LogP contribution in [-0.4, -0.2) is 11.1 Å². The molecular weight excluding hydrogens is 312 g/mol. The molecule has 0 bridgehead atoms. The number of urea groups is 1. The van der Waals surface area contributed by atoms with Gasteiger partial charge in [0.15, 0.2) is 0 Å². The maximum atomic E-state index is 12.5. The number of anilines is 2. The van der Waals surface area contributed by atoms with Crippen LogP contribution in [0.2, 0.25) is 0 Å². The molecule has 0 atom stereocenters. The number of amides is 2. The number of aromatic hydroxyl groups is 1. The summed E-state index contributed by atoms with van der Waals surface area (Å²) in [5.41, 5.74) is 1.39. The summed E-state index contributed by atoms with van der Waals surface area (Å²) in [5, 5.41) is 19.3. The average Bonchev–Trinajstić information content (AvgIpc) is 2.62. The number of phenols is 1. The van der Waals surface area contributed by atoms with Crippen LogP contribution in [0.5, 0.6) is 5.75 Å². The Morgan fingerprint density at radius 1 is 0.680 bits per heavy atom. The lowest BCUT2D eigenvalue weighted by atomic mass is 10.1. The molecule has 0 saturated heterocycles. The number of benzene rings is 4. The largest absolute Gasteiger partial charge is 0.508 e. The highest BCUT2D eigenvalue weighted by Crippen LogP contribution is 2.28. The van der Waals surface area contributed by atoms with E-state index >= 15 is 0 Å². The van der Waals surface area contributed by atoms with Crippen LogP contribution in [0.1, 0.15) is 0 Å². The number of hydrogen-bond acceptors (Lipinski definition) is 2. The maximum Gasteiger partial charge on any atom is 0.323 e. The summed E-state index contributed by atoms with van der Waals surface area (Å²) < 4.78 is 0. The minimum atomic E-state index is -0.327. The number of phenolic OH excluding ortho intramolecular Hbond substituents is 1. The molecule has 0 aliphatic heterocycles. The zero-order valence-corrected chi connectivity index (χ0v) is 13.4. The first kappa shape index (κ1) is 15.0. The molecular formula is C21H16N2O2. The molecule has 0 fully saturated rings. The first-order valence-corrected chi connectivity index (χ1v) is 7.98. The van der Waals surface area contributed by atoms with Gasteiger partial charge in [-0.25, -0.2) is 4.79 Å². The predicted molar refractivity (Wildman–Crippen MR) is 102 cm³/mol. The van der Waals surface area contributed by atoms with Crippen molar-refractivity contribution in [3.8, 4) is 5.75 Å². The highest BCUT2D eigenvalue weighted by Gasteiger charge is 2.08. The van der Waals surface area contributed by atoms with Gasteiger partial charge in [-0.1, -0.05) is 54.6 Å². The van der Waals surface area contributed by atoms with Gasteiger partial charge in [-0.3, -0.25) is 0 Å². The molecule has 0 saturated carbocycles. The van der Waals surface area contributed by atoms with Crippen molar-refractivity contribution in [2.75, 3.05) is 10.6 Å². The number of hydrogen-bond donors (Lipinski definition) is 3. The van der Waals surface area contributed by atoms with Crippen molar-refractivity contribution in [3.05, 3.63) is 78.9 Å². The van der Waals surface area contributed by atoms with Crippen molar-refractivity contribution < 1.29 is 9.90 Å². The van der Waals surface area contributed by atoms with Crippen LogP contribution in [0.3, 0.4) is 0 Å². The highest BCUT2D eigenvalue weighted by molar-refractivity contribution is 6.09. The Morgan fingerprint density at radius 2 is 1.28 bits per heavy atom. The van der Waals surface area contributed by atoms with Crippen molar-refractivity contribution in [2.45, 2.75) is 0 Å². The van der Waals surface area contributed by atoms with Gasteiger partial charge in [0.2, 0.25) is 0 Å². The van der Waals surface area contributed by atoms with E-state index in [1.165, 1.54) is 0 Å². The van der Waals surface area contributed by atoms with Gasteiger partial charge >= 0.3 is 6.03 Å². The molecule has 3 N–H and O–H groups in total. The van der Waals surface area contributed by atoms with E-state index in [0.29, 0.717) is 5.69 Å². The molecule has 122 valence electrons. The zero-order valence-electron chi connectivity index (χ0n) is 13.4. The zero-order chi connectivity index (χ0) is 17.2. The molecule has 0 aliphatic rings. The second-order valence-corrected chi connectivity index (χ2v) is 5.82. The van der Waals surface area contributed by atoms with Crippen LogP contribution in [0.15, 0.2) is 78.9 Å². The summed E-state index contributed by atoms with van der Waals surface area (Å²) >= 11 is 0. The number of rotatable bonds is 2. The van der Waals surface area contributed by atoms with Crippen molar-refractivity contribution in [1.29, 1.82) is 0 Å². The molecule has 4 aromatic carbocycles. The van der Waals surface area contributed by atoms with Gasteiger partial charge in [-0.05, 0) is 35.0 Å². The van der Waals surface area contributed by atoms with Crippen molar-refractivity contribution in [1.82, 2.24) is 0 Å². The number of carbonyl (C=O) groups is 1. The van der Waals surface area contributed by atoms with E-state index in [2.05, 4.69) is 10.6 Å². The Bertz CT molecular complexity index is 1080. The van der Waals surface area contributed by atoms with Gasteiger partial charge in [0.1, 0.15) is 5.75 Å². The Labute approximate surface area is 144 Å². The molecule has 0 radical (unpaired) electrons. The molecule has 4 heteroatoms. The predicted octanol–water partition coefficient (Wildman–Crippen LogP) is 5.34. The Balaban J connectivity index is 1.63. The van der Waals surface area contributed by atoms with Gasteiger partial charge in [0, 0.05) is 10.8 Å². The molecule has 0 heterocycles. The quantitative estimate of drug-likeness (QED) is 0.465. The normalized spacial score (nSPS) is 10.7. The van der Waals surface area contributed by atoms with Gasteiger partial charge < -0.3 is 15.7 Å². The van der Waals surface area contributed by atoms with Crippen molar-refractivity contribution >= 4 is 39.0 Å². The Morgan fingerprint density at radius 3 is 2.04 bits per heavy atom. The Kier molecular flexibility index (Phi) is 3.71. The fraction of sp³-hybridized carbons (Fsp3) is 0. The monoisotopic (exact) mass is 328 g/mol. The highest BCUT2D eigenvalue weighted by atomic mass is 16.3. The molecule has 25 heavy (non-hydrogen) atoms. The first-order chi connectivity index (χ1) is 12.2. The van der Waals surface area contributed by atoms with Crippen molar-refractivity contribution in [2.24, 2.45) is 0 Å². The van der Waals surface area contributed by atoms with Crippen LogP contribution < -0.4 is 10.6 Å². The summed E-state index contributed by atoms with van der Waals surface area (Å²) in [7, 11) is 0. The molecule has 4 rings (SSSR count). The lowest BCUT2D eigenvalue weighted by Gasteiger charge is -2.12. The number of nitrogens with one attached hydrogen (secondary N) is 2. The molecule has 4 aromatic rings. The average molecular weight is 328 g/mol. The summed E-state index contributed by atoms with van der Waals surface area (Å²) in [6.07, 6.45) is 0. The fourth-order valence-electron chi connectivity index (χ4n) is 2.98. The third-order valence-corrected chi connectivity index (χ3v) is 4.15. The Hall–Kier alpha value is -3.53. The fourth-order valence-corrected chi connectivity index (χ4v) is 2.98. The van der Waals surface area contributed by atoms with Crippen LogP contribution >= 0.6 is 0 Å². The van der Waals surface area contributed by atoms with Crippen LogP contribution in [0.25, 0.3) is 21.5 Å². The lowest BCUT2D eigenvalue weighted by Crippen LogP contribution is -2.19. The molecule has 0 spiro atoms.